The second-order valence-electron chi connectivity index (χ2n) is 8.28. The molecule has 6 nitrogen and oxygen atoms in total. The topological polar surface area (TPSA) is 58.4 Å². The standard InChI is InChI=1S/C25H26N4O2S2/c30-23(29-18-32-17-21(29)25(31)27-12-4-5-13-27)11-10-20-16-28(15-19-7-2-1-3-8-19)26-24(20)22-9-6-14-33-22/h1-3,6-11,14,16,21H,4-5,12-13,15,17-18H2. The van der Waals surface area contributed by atoms with Crippen LogP contribution in [0.1, 0.15) is 24.0 Å². The number of hydrogen-bond donors (Lipinski definition) is 0. The Morgan fingerprint density at radius 3 is 2.67 bits per heavy atom. The highest BCUT2D eigenvalue weighted by atomic mass is 32.2. The Labute approximate surface area is 201 Å². The van der Waals surface area contributed by atoms with Gasteiger partial charge in [-0.1, -0.05) is 36.4 Å². The number of benzene rings is 1. The molecule has 2 aliphatic rings. The molecule has 0 saturated carbocycles. The van der Waals surface area contributed by atoms with E-state index in [0.29, 0.717) is 18.2 Å². The van der Waals surface area contributed by atoms with Crippen molar-refractivity contribution < 1.29 is 9.59 Å². The molecule has 2 saturated heterocycles. The van der Waals surface area contributed by atoms with Crippen LogP contribution in [0.3, 0.4) is 0 Å². The number of carbonyl (C=O) groups excluding carboxylic acids is 2. The van der Waals surface area contributed by atoms with E-state index in [-0.39, 0.29) is 17.9 Å². The van der Waals surface area contributed by atoms with Gasteiger partial charge in [-0.3, -0.25) is 14.3 Å². The Bertz CT molecular complexity index is 1130. The van der Waals surface area contributed by atoms with E-state index in [4.69, 9.17) is 5.10 Å². The van der Waals surface area contributed by atoms with Gasteiger partial charge in [0.05, 0.1) is 17.3 Å². The van der Waals surface area contributed by atoms with E-state index < -0.39 is 0 Å². The van der Waals surface area contributed by atoms with Crippen molar-refractivity contribution in [3.63, 3.8) is 0 Å². The van der Waals surface area contributed by atoms with Gasteiger partial charge in [-0.05, 0) is 35.9 Å². The molecule has 1 aromatic carbocycles. The third-order valence-electron chi connectivity index (χ3n) is 6.01. The van der Waals surface area contributed by atoms with Crippen LogP contribution in [-0.4, -0.2) is 62.2 Å². The fourth-order valence-corrected chi connectivity index (χ4v) is 6.17. The van der Waals surface area contributed by atoms with Crippen molar-refractivity contribution in [1.29, 1.82) is 0 Å². The molecule has 1 atom stereocenters. The monoisotopic (exact) mass is 478 g/mol. The molecule has 0 bridgehead atoms. The Hall–Kier alpha value is -2.84. The lowest BCUT2D eigenvalue weighted by molar-refractivity contribution is -0.140. The summed E-state index contributed by atoms with van der Waals surface area (Å²) in [6, 6.07) is 13.9. The zero-order valence-electron chi connectivity index (χ0n) is 18.3. The molecule has 4 heterocycles. The van der Waals surface area contributed by atoms with E-state index in [9.17, 15) is 9.59 Å². The van der Waals surface area contributed by atoms with E-state index in [0.717, 1.165) is 42.1 Å². The van der Waals surface area contributed by atoms with E-state index in [1.807, 2.05) is 57.6 Å². The van der Waals surface area contributed by atoms with E-state index in [2.05, 4.69) is 12.1 Å². The third-order valence-corrected chi connectivity index (χ3v) is 7.89. The Balaban J connectivity index is 1.35. The number of thioether (sulfide) groups is 1. The maximum atomic E-state index is 13.1. The number of thiophene rings is 1. The summed E-state index contributed by atoms with van der Waals surface area (Å²) in [7, 11) is 0. The normalized spacial score (nSPS) is 18.5. The molecule has 170 valence electrons. The first-order valence-electron chi connectivity index (χ1n) is 11.2. The van der Waals surface area contributed by atoms with Gasteiger partial charge in [0.25, 0.3) is 0 Å². The van der Waals surface area contributed by atoms with Gasteiger partial charge < -0.3 is 9.80 Å². The molecule has 0 N–H and O–H groups in total. The predicted molar refractivity (Wildman–Crippen MR) is 134 cm³/mol. The van der Waals surface area contributed by atoms with Gasteiger partial charge in [0.2, 0.25) is 11.8 Å². The number of aromatic nitrogens is 2. The minimum absolute atomic E-state index is 0.0919. The largest absolute Gasteiger partial charge is 0.341 e. The van der Waals surface area contributed by atoms with Gasteiger partial charge in [-0.2, -0.15) is 5.10 Å². The minimum atomic E-state index is -0.358. The van der Waals surface area contributed by atoms with Crippen LogP contribution in [0.5, 0.6) is 0 Å². The summed E-state index contributed by atoms with van der Waals surface area (Å²) in [5, 5.41) is 6.83. The van der Waals surface area contributed by atoms with E-state index in [1.54, 1.807) is 34.1 Å². The number of likely N-dealkylation sites (tertiary alicyclic amines) is 1. The summed E-state index contributed by atoms with van der Waals surface area (Å²) < 4.78 is 1.92. The zero-order valence-corrected chi connectivity index (χ0v) is 19.9. The highest BCUT2D eigenvalue weighted by molar-refractivity contribution is 7.99. The number of carbonyl (C=O) groups is 2. The molecule has 5 rings (SSSR count). The number of rotatable bonds is 6. The Kier molecular flexibility index (Phi) is 6.64. The van der Waals surface area contributed by atoms with Crippen LogP contribution >= 0.6 is 23.1 Å². The fraction of sp³-hybridized carbons (Fsp3) is 0.320. The summed E-state index contributed by atoms with van der Waals surface area (Å²) in [5.41, 5.74) is 2.93. The second kappa shape index (κ2) is 9.97. The molecule has 2 amide bonds. The van der Waals surface area contributed by atoms with Crippen molar-refractivity contribution in [2.75, 3.05) is 24.7 Å². The molecule has 0 radical (unpaired) electrons. The smallest absolute Gasteiger partial charge is 0.247 e. The molecular weight excluding hydrogens is 452 g/mol. The summed E-state index contributed by atoms with van der Waals surface area (Å²) in [6.45, 7) is 2.28. The number of hydrogen-bond acceptors (Lipinski definition) is 5. The van der Waals surface area contributed by atoms with Gasteiger partial charge in [0, 0.05) is 36.7 Å². The SMILES string of the molecule is O=C(C1CSCN1C(=O)C=Cc1cn(Cc2ccccc2)nc1-c1cccs1)N1CCCC1. The van der Waals surface area contributed by atoms with Crippen LogP contribution in [0, 0.1) is 0 Å². The van der Waals surface area contributed by atoms with Gasteiger partial charge >= 0.3 is 0 Å². The molecular formula is C25H26N4O2S2. The van der Waals surface area contributed by atoms with Crippen LogP contribution in [0.25, 0.3) is 16.6 Å². The molecule has 1 unspecified atom stereocenters. The molecule has 0 aliphatic carbocycles. The third kappa shape index (κ3) is 4.91. The van der Waals surface area contributed by atoms with Crippen LogP contribution in [0.2, 0.25) is 0 Å². The first-order chi connectivity index (χ1) is 16.2. The van der Waals surface area contributed by atoms with Crippen molar-refractivity contribution in [3.8, 4) is 10.6 Å². The second-order valence-corrected chi connectivity index (χ2v) is 10.2. The van der Waals surface area contributed by atoms with Crippen LogP contribution < -0.4 is 0 Å². The summed E-state index contributed by atoms with van der Waals surface area (Å²) in [5.74, 6) is 1.20. The highest BCUT2D eigenvalue weighted by Crippen LogP contribution is 2.29. The number of amides is 2. The Morgan fingerprint density at radius 2 is 1.91 bits per heavy atom. The van der Waals surface area contributed by atoms with Crippen molar-refractivity contribution in [2.24, 2.45) is 0 Å². The lowest BCUT2D eigenvalue weighted by atomic mass is 10.2. The van der Waals surface area contributed by atoms with Crippen molar-refractivity contribution >= 4 is 41.0 Å². The van der Waals surface area contributed by atoms with Gasteiger partial charge in [-0.15, -0.1) is 23.1 Å². The molecule has 33 heavy (non-hydrogen) atoms. The fourth-order valence-electron chi connectivity index (χ4n) is 4.28. The average Bonchev–Trinajstić information content (AvgIpc) is 3.63. The van der Waals surface area contributed by atoms with Crippen LogP contribution in [-0.2, 0) is 16.1 Å². The minimum Gasteiger partial charge on any atom is -0.341 e. The summed E-state index contributed by atoms with van der Waals surface area (Å²) in [4.78, 5) is 30.7. The van der Waals surface area contributed by atoms with Crippen molar-refractivity contribution in [2.45, 2.75) is 25.4 Å². The molecule has 2 aliphatic heterocycles. The molecule has 2 aromatic heterocycles. The quantitative estimate of drug-likeness (QED) is 0.499. The first kappa shape index (κ1) is 22.0. The maximum absolute atomic E-state index is 13.1. The van der Waals surface area contributed by atoms with Crippen LogP contribution in [0.4, 0.5) is 0 Å². The van der Waals surface area contributed by atoms with E-state index >= 15 is 0 Å². The lowest BCUT2D eigenvalue weighted by Crippen LogP contribution is -2.47. The zero-order chi connectivity index (χ0) is 22.6. The van der Waals surface area contributed by atoms with E-state index in [1.165, 1.54) is 5.56 Å². The molecule has 3 aromatic rings. The average molecular weight is 479 g/mol. The summed E-state index contributed by atoms with van der Waals surface area (Å²) in [6.07, 6.45) is 7.52. The van der Waals surface area contributed by atoms with Gasteiger partial charge in [0.15, 0.2) is 0 Å². The van der Waals surface area contributed by atoms with Crippen molar-refractivity contribution in [1.82, 2.24) is 19.6 Å². The van der Waals surface area contributed by atoms with Crippen molar-refractivity contribution in [3.05, 3.63) is 71.2 Å². The predicted octanol–water partition coefficient (Wildman–Crippen LogP) is 4.20. The molecule has 2 fully saturated rings. The van der Waals surface area contributed by atoms with Gasteiger partial charge in [0.1, 0.15) is 11.7 Å². The summed E-state index contributed by atoms with van der Waals surface area (Å²) >= 11 is 3.27. The highest BCUT2D eigenvalue weighted by Gasteiger charge is 2.36. The van der Waals surface area contributed by atoms with Gasteiger partial charge in [-0.25, -0.2) is 0 Å². The first-order valence-corrected chi connectivity index (χ1v) is 13.2. The van der Waals surface area contributed by atoms with Crippen LogP contribution in [0.15, 0.2) is 60.1 Å². The number of nitrogens with zero attached hydrogens (tertiary/aromatic N) is 4. The lowest BCUT2D eigenvalue weighted by Gasteiger charge is -2.26. The molecule has 8 heteroatoms. The maximum Gasteiger partial charge on any atom is 0.247 e. The molecule has 0 spiro atoms. The Morgan fingerprint density at radius 1 is 1.09 bits per heavy atom.